The molecule has 5 nitrogen and oxygen atoms in total. The largest absolute Gasteiger partial charge is 0.396 e. The summed E-state index contributed by atoms with van der Waals surface area (Å²) in [6.45, 7) is 7.34. The van der Waals surface area contributed by atoms with Gasteiger partial charge in [-0.1, -0.05) is 20.8 Å². The highest BCUT2D eigenvalue weighted by Gasteiger charge is 2.22. The maximum absolute atomic E-state index is 12.4. The number of carbonyl (C=O) groups excluding carboxylic acids is 1. The number of nitriles is 1. The van der Waals surface area contributed by atoms with Crippen LogP contribution in [-0.4, -0.2) is 40.6 Å². The zero-order valence-corrected chi connectivity index (χ0v) is 11.7. The first kappa shape index (κ1) is 15.3. The van der Waals surface area contributed by atoms with Crippen LogP contribution in [0.5, 0.6) is 0 Å². The average Bonchev–Trinajstić information content (AvgIpc) is 2.80. The van der Waals surface area contributed by atoms with Gasteiger partial charge in [0.15, 0.2) is 0 Å². The van der Waals surface area contributed by atoms with Crippen LogP contribution in [0.4, 0.5) is 0 Å². The number of aromatic amines is 1. The minimum atomic E-state index is -0.134. The fourth-order valence-electron chi connectivity index (χ4n) is 1.84. The molecular weight excluding hydrogens is 242 g/mol. The number of carbonyl (C=O) groups is 1. The smallest absolute Gasteiger partial charge is 0.270 e. The van der Waals surface area contributed by atoms with Gasteiger partial charge in [0.25, 0.3) is 5.91 Å². The number of aromatic nitrogens is 1. The van der Waals surface area contributed by atoms with E-state index in [9.17, 15) is 4.79 Å². The summed E-state index contributed by atoms with van der Waals surface area (Å²) in [5.74, 6) is -0.134. The van der Waals surface area contributed by atoms with E-state index in [1.807, 2.05) is 6.07 Å². The highest BCUT2D eigenvalue weighted by atomic mass is 16.3. The molecule has 1 heterocycles. The molecule has 0 fully saturated rings. The molecule has 0 aromatic carbocycles. The van der Waals surface area contributed by atoms with Gasteiger partial charge in [-0.3, -0.25) is 4.79 Å². The quantitative estimate of drug-likeness (QED) is 0.849. The fraction of sp³-hybridized carbons (Fsp3) is 0.571. The molecule has 0 saturated carbocycles. The van der Waals surface area contributed by atoms with Crippen LogP contribution >= 0.6 is 0 Å². The van der Waals surface area contributed by atoms with Crippen molar-refractivity contribution >= 4 is 5.91 Å². The maximum Gasteiger partial charge on any atom is 0.270 e. The molecule has 5 heteroatoms. The first-order valence-electron chi connectivity index (χ1n) is 6.36. The van der Waals surface area contributed by atoms with E-state index in [1.165, 1.54) is 0 Å². The van der Waals surface area contributed by atoms with E-state index in [-0.39, 0.29) is 17.9 Å². The lowest BCUT2D eigenvalue weighted by atomic mass is 9.96. The minimum Gasteiger partial charge on any atom is -0.396 e. The van der Waals surface area contributed by atoms with Crippen LogP contribution in [0.2, 0.25) is 0 Å². The molecule has 0 unspecified atom stereocenters. The zero-order valence-electron chi connectivity index (χ0n) is 11.7. The van der Waals surface area contributed by atoms with Crippen molar-refractivity contribution in [3.8, 4) is 6.07 Å². The Hall–Kier alpha value is -1.80. The Bertz CT molecular complexity index is 466. The van der Waals surface area contributed by atoms with Gasteiger partial charge in [-0.2, -0.15) is 5.26 Å². The molecule has 0 aliphatic rings. The Morgan fingerprint density at radius 2 is 2.16 bits per heavy atom. The summed E-state index contributed by atoms with van der Waals surface area (Å²) in [7, 11) is 0. The lowest BCUT2D eigenvalue weighted by molar-refractivity contribution is 0.0677. The number of hydrogen-bond acceptors (Lipinski definition) is 3. The van der Waals surface area contributed by atoms with Gasteiger partial charge in [0, 0.05) is 19.7 Å². The molecular formula is C14H21N3O2. The molecule has 1 aromatic rings. The number of rotatable bonds is 5. The van der Waals surface area contributed by atoms with E-state index in [2.05, 4.69) is 25.8 Å². The van der Waals surface area contributed by atoms with Gasteiger partial charge in [0.1, 0.15) is 17.5 Å². The van der Waals surface area contributed by atoms with Crippen molar-refractivity contribution in [3.63, 3.8) is 0 Å². The van der Waals surface area contributed by atoms with E-state index >= 15 is 0 Å². The zero-order chi connectivity index (χ0) is 14.5. The molecule has 0 atom stereocenters. The summed E-state index contributed by atoms with van der Waals surface area (Å²) in [5, 5.41) is 17.7. The summed E-state index contributed by atoms with van der Waals surface area (Å²) in [6, 6.07) is 5.18. The molecule has 1 aromatic heterocycles. The number of aliphatic hydroxyl groups excluding tert-OH is 1. The molecule has 0 aliphatic heterocycles. The SMILES string of the molecule is CC(C)(C)CN(CCCO)C(=O)c1ccc(C#N)[nH]1. The summed E-state index contributed by atoms with van der Waals surface area (Å²) in [6.07, 6.45) is 0.549. The van der Waals surface area contributed by atoms with E-state index < -0.39 is 0 Å². The molecule has 1 amide bonds. The Labute approximate surface area is 113 Å². The second-order valence-electron chi connectivity index (χ2n) is 5.76. The Morgan fingerprint density at radius 3 is 2.63 bits per heavy atom. The molecule has 2 N–H and O–H groups in total. The third-order valence-electron chi connectivity index (χ3n) is 2.58. The van der Waals surface area contributed by atoms with Crippen LogP contribution in [0.3, 0.4) is 0 Å². The number of amides is 1. The van der Waals surface area contributed by atoms with Crippen LogP contribution in [0.15, 0.2) is 12.1 Å². The Morgan fingerprint density at radius 1 is 1.47 bits per heavy atom. The third kappa shape index (κ3) is 4.76. The molecule has 0 saturated heterocycles. The normalized spacial score (nSPS) is 11.1. The van der Waals surface area contributed by atoms with Gasteiger partial charge in [-0.15, -0.1) is 0 Å². The minimum absolute atomic E-state index is 0.0181. The van der Waals surface area contributed by atoms with Gasteiger partial charge in [-0.05, 0) is 24.0 Å². The van der Waals surface area contributed by atoms with Crippen molar-refractivity contribution in [2.45, 2.75) is 27.2 Å². The molecule has 19 heavy (non-hydrogen) atoms. The number of H-pyrrole nitrogens is 1. The second-order valence-corrected chi connectivity index (χ2v) is 5.76. The third-order valence-corrected chi connectivity index (χ3v) is 2.58. The Kier molecular flexibility index (Phi) is 5.13. The van der Waals surface area contributed by atoms with Gasteiger partial charge in [0.2, 0.25) is 0 Å². The van der Waals surface area contributed by atoms with E-state index in [0.29, 0.717) is 30.9 Å². The summed E-state index contributed by atoms with van der Waals surface area (Å²) < 4.78 is 0. The molecule has 1 rings (SSSR count). The maximum atomic E-state index is 12.4. The van der Waals surface area contributed by atoms with Crippen LogP contribution in [-0.2, 0) is 0 Å². The van der Waals surface area contributed by atoms with Crippen LogP contribution in [0, 0.1) is 16.7 Å². The fourth-order valence-corrected chi connectivity index (χ4v) is 1.84. The van der Waals surface area contributed by atoms with E-state index in [1.54, 1.807) is 17.0 Å². The van der Waals surface area contributed by atoms with Crippen molar-refractivity contribution in [3.05, 3.63) is 23.5 Å². The van der Waals surface area contributed by atoms with Crippen molar-refractivity contribution in [1.29, 1.82) is 5.26 Å². The van der Waals surface area contributed by atoms with Gasteiger partial charge in [0.05, 0.1) is 0 Å². The molecule has 0 spiro atoms. The highest BCUT2D eigenvalue weighted by Crippen LogP contribution is 2.17. The standard InChI is InChI=1S/C14H21N3O2/c1-14(2,3)10-17(7-4-8-18)13(19)12-6-5-11(9-15)16-12/h5-6,16,18H,4,7-8,10H2,1-3H3. The van der Waals surface area contributed by atoms with Crippen LogP contribution in [0.1, 0.15) is 43.4 Å². The van der Waals surface area contributed by atoms with Gasteiger partial charge in [-0.25, -0.2) is 0 Å². The van der Waals surface area contributed by atoms with Gasteiger partial charge < -0.3 is 15.0 Å². The number of nitrogens with zero attached hydrogens (tertiary/aromatic N) is 2. The monoisotopic (exact) mass is 263 g/mol. The van der Waals surface area contributed by atoms with E-state index in [4.69, 9.17) is 10.4 Å². The average molecular weight is 263 g/mol. The van der Waals surface area contributed by atoms with Gasteiger partial charge >= 0.3 is 0 Å². The second kappa shape index (κ2) is 6.39. The van der Waals surface area contributed by atoms with Crippen molar-refractivity contribution in [2.24, 2.45) is 5.41 Å². The predicted octanol–water partition coefficient (Wildman–Crippen LogP) is 1.76. The van der Waals surface area contributed by atoms with Crippen molar-refractivity contribution in [2.75, 3.05) is 19.7 Å². The first-order valence-corrected chi connectivity index (χ1v) is 6.36. The topological polar surface area (TPSA) is 80.1 Å². The summed E-state index contributed by atoms with van der Waals surface area (Å²) >= 11 is 0. The molecule has 0 radical (unpaired) electrons. The number of nitrogens with one attached hydrogen (secondary N) is 1. The lowest BCUT2D eigenvalue weighted by Crippen LogP contribution is -2.39. The first-order chi connectivity index (χ1) is 8.87. The summed E-state index contributed by atoms with van der Waals surface area (Å²) in [5.41, 5.74) is 0.774. The molecule has 0 aliphatic carbocycles. The van der Waals surface area contributed by atoms with Crippen LogP contribution < -0.4 is 0 Å². The summed E-state index contributed by atoms with van der Waals surface area (Å²) in [4.78, 5) is 16.9. The lowest BCUT2D eigenvalue weighted by Gasteiger charge is -2.29. The predicted molar refractivity (Wildman–Crippen MR) is 72.6 cm³/mol. The van der Waals surface area contributed by atoms with Crippen LogP contribution in [0.25, 0.3) is 0 Å². The molecule has 104 valence electrons. The Balaban J connectivity index is 2.84. The number of aliphatic hydroxyl groups is 1. The molecule has 0 bridgehead atoms. The highest BCUT2D eigenvalue weighted by molar-refractivity contribution is 5.92. The van der Waals surface area contributed by atoms with E-state index in [0.717, 1.165) is 0 Å². The number of hydrogen-bond donors (Lipinski definition) is 2. The van der Waals surface area contributed by atoms with Crippen molar-refractivity contribution in [1.82, 2.24) is 9.88 Å². The van der Waals surface area contributed by atoms with Crippen molar-refractivity contribution < 1.29 is 9.90 Å².